The molecule has 9 nitrogen and oxygen atoms in total. The molecular formula is C46H47N3O6S2. The lowest BCUT2D eigenvalue weighted by Gasteiger charge is -2.33. The molecule has 0 fully saturated rings. The zero-order valence-electron chi connectivity index (χ0n) is 32.7. The number of rotatable bonds is 13. The second kappa shape index (κ2) is 18.5. The van der Waals surface area contributed by atoms with Crippen molar-refractivity contribution < 1.29 is 28.7 Å². The number of hydrogen-bond acceptors (Lipinski definition) is 8. The number of anilines is 2. The number of para-hydroxylation sites is 1. The average molecular weight is 802 g/mol. The quantitative estimate of drug-likeness (QED) is 0.0616. The van der Waals surface area contributed by atoms with Crippen LogP contribution in [0.2, 0.25) is 0 Å². The summed E-state index contributed by atoms with van der Waals surface area (Å²) in [6.45, 7) is 8.74. The van der Waals surface area contributed by atoms with Crippen molar-refractivity contribution >= 4 is 63.6 Å². The Hall–Kier alpha value is -5.65. The Bertz CT molecular complexity index is 2260. The lowest BCUT2D eigenvalue weighted by Crippen LogP contribution is -2.30. The molecule has 0 bridgehead atoms. The largest absolute Gasteiger partial charge is 0.496 e. The molecule has 0 aliphatic heterocycles. The molecule has 1 aromatic heterocycles. The van der Waals surface area contributed by atoms with Crippen molar-refractivity contribution in [3.05, 3.63) is 148 Å². The number of thioether (sulfide) groups is 1. The van der Waals surface area contributed by atoms with Crippen LogP contribution in [0.15, 0.2) is 120 Å². The Morgan fingerprint density at radius 3 is 2.30 bits per heavy atom. The third-order valence-corrected chi connectivity index (χ3v) is 12.3. The molecule has 6 rings (SSSR count). The summed E-state index contributed by atoms with van der Waals surface area (Å²) in [5, 5.41) is 8.63. The van der Waals surface area contributed by atoms with Gasteiger partial charge in [0.15, 0.2) is 0 Å². The van der Waals surface area contributed by atoms with Crippen LogP contribution in [0.25, 0.3) is 6.08 Å². The molecule has 2 unspecified atom stereocenters. The average Bonchev–Trinajstić information content (AvgIpc) is 3.57. The number of fused-ring (bicyclic) bond motifs is 1. The van der Waals surface area contributed by atoms with E-state index < -0.39 is 23.0 Å². The molecular weight excluding hydrogens is 755 g/mol. The van der Waals surface area contributed by atoms with E-state index in [1.807, 2.05) is 54.6 Å². The third-order valence-electron chi connectivity index (χ3n) is 9.86. The fraction of sp³-hybridized carbons (Fsp3) is 0.261. The van der Waals surface area contributed by atoms with E-state index in [-0.39, 0.29) is 23.6 Å². The Morgan fingerprint density at radius 1 is 0.895 bits per heavy atom. The maximum atomic E-state index is 14.4. The first kappa shape index (κ1) is 41.0. The van der Waals surface area contributed by atoms with Gasteiger partial charge in [-0.1, -0.05) is 93.6 Å². The first-order valence-corrected chi connectivity index (χ1v) is 20.6. The van der Waals surface area contributed by atoms with E-state index in [4.69, 9.17) is 9.47 Å². The van der Waals surface area contributed by atoms with E-state index in [1.165, 1.54) is 30.2 Å². The number of nitrogens with one attached hydrogen (secondary N) is 3. The van der Waals surface area contributed by atoms with Crippen LogP contribution in [0.4, 0.5) is 10.7 Å². The van der Waals surface area contributed by atoms with Crippen molar-refractivity contribution in [2.45, 2.75) is 57.1 Å². The normalized spacial score (nSPS) is 14.5. The maximum Gasteiger partial charge on any atom is 0.341 e. The van der Waals surface area contributed by atoms with E-state index in [9.17, 15) is 19.2 Å². The highest BCUT2D eigenvalue weighted by Crippen LogP contribution is 2.45. The van der Waals surface area contributed by atoms with Crippen LogP contribution >= 0.6 is 23.1 Å². The molecule has 294 valence electrons. The molecule has 1 aliphatic carbocycles. The molecule has 0 radical (unpaired) electrons. The summed E-state index contributed by atoms with van der Waals surface area (Å²) in [7, 11) is 1.54. The molecule has 0 saturated heterocycles. The minimum Gasteiger partial charge on any atom is -0.496 e. The number of esters is 1. The van der Waals surface area contributed by atoms with E-state index >= 15 is 0 Å². The van der Waals surface area contributed by atoms with Crippen molar-refractivity contribution in [3.63, 3.8) is 0 Å². The second-order valence-electron chi connectivity index (χ2n) is 14.7. The van der Waals surface area contributed by atoms with Crippen molar-refractivity contribution in [3.8, 4) is 5.75 Å². The Kier molecular flexibility index (Phi) is 13.3. The van der Waals surface area contributed by atoms with Crippen LogP contribution in [-0.4, -0.2) is 37.4 Å². The first-order chi connectivity index (χ1) is 27.4. The molecule has 5 aromatic rings. The predicted molar refractivity (Wildman–Crippen MR) is 229 cm³/mol. The van der Waals surface area contributed by atoms with Crippen molar-refractivity contribution in [1.29, 1.82) is 0 Å². The summed E-state index contributed by atoms with van der Waals surface area (Å²) in [5.41, 5.74) is 3.78. The number of amides is 3. The lowest BCUT2D eigenvalue weighted by atomic mass is 9.72. The fourth-order valence-corrected chi connectivity index (χ4v) is 9.18. The highest BCUT2D eigenvalue weighted by atomic mass is 32.2. The van der Waals surface area contributed by atoms with Gasteiger partial charge in [0, 0.05) is 26.6 Å². The van der Waals surface area contributed by atoms with Gasteiger partial charge >= 0.3 is 5.97 Å². The van der Waals surface area contributed by atoms with Crippen molar-refractivity contribution in [2.24, 2.45) is 11.3 Å². The highest BCUT2D eigenvalue weighted by Gasteiger charge is 2.35. The van der Waals surface area contributed by atoms with Crippen LogP contribution in [0.5, 0.6) is 5.75 Å². The molecule has 3 amide bonds. The number of methoxy groups -OCH3 is 1. The Labute approximate surface area is 342 Å². The molecule has 3 N–H and O–H groups in total. The smallest absolute Gasteiger partial charge is 0.341 e. The van der Waals surface area contributed by atoms with Gasteiger partial charge in [0.1, 0.15) is 21.7 Å². The van der Waals surface area contributed by atoms with E-state index in [0.717, 1.165) is 35.3 Å². The predicted octanol–water partition coefficient (Wildman–Crippen LogP) is 9.97. The van der Waals surface area contributed by atoms with Gasteiger partial charge in [-0.15, -0.1) is 23.1 Å². The van der Waals surface area contributed by atoms with Gasteiger partial charge < -0.3 is 25.4 Å². The monoisotopic (exact) mass is 801 g/mol. The van der Waals surface area contributed by atoms with Crippen LogP contribution in [0, 0.1) is 11.3 Å². The lowest BCUT2D eigenvalue weighted by molar-refractivity contribution is -0.116. The first-order valence-electron chi connectivity index (χ1n) is 18.9. The minimum atomic E-state index is -0.709. The number of thiophene rings is 1. The van der Waals surface area contributed by atoms with Gasteiger partial charge in [0.25, 0.3) is 11.8 Å². The molecule has 4 aromatic carbocycles. The van der Waals surface area contributed by atoms with E-state index in [1.54, 1.807) is 67.6 Å². The van der Waals surface area contributed by atoms with Gasteiger partial charge in [-0.05, 0) is 91.1 Å². The van der Waals surface area contributed by atoms with Crippen LogP contribution < -0.4 is 20.7 Å². The number of benzene rings is 4. The standard InChI is InChI=1S/C46H47N3O6S2/c1-6-55-45(53)39-35-25-24-32(46(2,3)4)27-38(35)57-44(39)49-43(52)40(29-16-9-7-10-17-29)56-34-22-15-21-33(28-34)47-42(51)36(26-31-20-13-14-23-37(31)54-5)48-41(50)30-18-11-8-12-19-30/h7-23,26,28,32,40H,6,24-25,27H2,1-5H3,(H,47,51)(H,48,50)(H,49,52)/b36-26+. The van der Waals surface area contributed by atoms with Crippen LogP contribution in [0.3, 0.4) is 0 Å². The zero-order valence-corrected chi connectivity index (χ0v) is 34.4. The molecule has 1 aliphatic rings. The summed E-state index contributed by atoms with van der Waals surface area (Å²) >= 11 is 2.79. The van der Waals surface area contributed by atoms with Gasteiger partial charge in [0.05, 0.1) is 19.3 Å². The SMILES string of the molecule is CCOC(=O)c1c(NC(=O)C(Sc2cccc(NC(=O)/C(=C\c3ccccc3OC)NC(=O)c3ccccc3)c2)c2ccccc2)sc2c1CCC(C(C)(C)C)C2. The molecule has 57 heavy (non-hydrogen) atoms. The number of carbonyl (C=O) groups excluding carboxylic acids is 4. The summed E-state index contributed by atoms with van der Waals surface area (Å²) in [6.07, 6.45) is 4.12. The van der Waals surface area contributed by atoms with Gasteiger partial charge in [-0.3, -0.25) is 14.4 Å². The molecule has 0 saturated carbocycles. The van der Waals surface area contributed by atoms with Gasteiger partial charge in [-0.2, -0.15) is 0 Å². The summed E-state index contributed by atoms with van der Waals surface area (Å²) in [5.74, 6) is -0.720. The second-order valence-corrected chi connectivity index (χ2v) is 17.0. The molecule has 11 heteroatoms. The maximum absolute atomic E-state index is 14.4. The summed E-state index contributed by atoms with van der Waals surface area (Å²) in [6, 6.07) is 32.5. The highest BCUT2D eigenvalue weighted by molar-refractivity contribution is 8.00. The Balaban J connectivity index is 1.27. The Morgan fingerprint density at radius 2 is 1.60 bits per heavy atom. The molecule has 1 heterocycles. The molecule has 2 atom stereocenters. The van der Waals surface area contributed by atoms with E-state index in [2.05, 4.69) is 36.7 Å². The number of ether oxygens (including phenoxy) is 2. The number of hydrogen-bond donors (Lipinski definition) is 3. The van der Waals surface area contributed by atoms with Gasteiger partial charge in [-0.25, -0.2) is 4.79 Å². The topological polar surface area (TPSA) is 123 Å². The van der Waals surface area contributed by atoms with Crippen LogP contribution in [-0.2, 0) is 27.2 Å². The zero-order chi connectivity index (χ0) is 40.5. The minimum absolute atomic E-state index is 0.0119. The van der Waals surface area contributed by atoms with Crippen LogP contribution in [0.1, 0.15) is 81.6 Å². The van der Waals surface area contributed by atoms with E-state index in [0.29, 0.717) is 43.9 Å². The summed E-state index contributed by atoms with van der Waals surface area (Å²) < 4.78 is 11.0. The van der Waals surface area contributed by atoms with Crippen molar-refractivity contribution in [1.82, 2.24) is 5.32 Å². The third kappa shape index (κ3) is 10.2. The fourth-order valence-electron chi connectivity index (χ4n) is 6.78. The van der Waals surface area contributed by atoms with Crippen molar-refractivity contribution in [2.75, 3.05) is 24.4 Å². The van der Waals surface area contributed by atoms with Gasteiger partial charge in [0.2, 0.25) is 5.91 Å². The molecule has 0 spiro atoms. The summed E-state index contributed by atoms with van der Waals surface area (Å²) in [4.78, 5) is 56.7. The number of carbonyl (C=O) groups is 4.